The zero-order valence-corrected chi connectivity index (χ0v) is 21.7. The predicted molar refractivity (Wildman–Crippen MR) is 144 cm³/mol. The maximum atomic E-state index is 14.7. The molecule has 2 N–H and O–H groups in total. The van der Waals surface area contributed by atoms with Crippen LogP contribution in [0.1, 0.15) is 84.7 Å². The van der Waals surface area contributed by atoms with Crippen molar-refractivity contribution in [2.24, 2.45) is 5.92 Å². The Kier molecular flexibility index (Phi) is 6.28. The van der Waals surface area contributed by atoms with Crippen LogP contribution in [0.5, 0.6) is 0 Å². The average Bonchev–Trinajstić information content (AvgIpc) is 3.87. The molecule has 1 aromatic heterocycles. The molecule has 0 bridgehead atoms. The molecule has 38 heavy (non-hydrogen) atoms. The Bertz CT molecular complexity index is 1420. The van der Waals surface area contributed by atoms with Gasteiger partial charge in [-0.25, -0.2) is 14.4 Å². The van der Waals surface area contributed by atoms with E-state index in [2.05, 4.69) is 22.1 Å². The maximum absolute atomic E-state index is 14.7. The summed E-state index contributed by atoms with van der Waals surface area (Å²) in [5.74, 6) is 0.230. The highest BCUT2D eigenvalue weighted by molar-refractivity contribution is 5.98. The molecule has 5 nitrogen and oxygen atoms in total. The first-order chi connectivity index (χ1) is 18.3. The summed E-state index contributed by atoms with van der Waals surface area (Å²) in [6.45, 7) is 2.02. The van der Waals surface area contributed by atoms with Crippen LogP contribution in [0.3, 0.4) is 0 Å². The molecule has 0 aliphatic heterocycles. The van der Waals surface area contributed by atoms with Gasteiger partial charge in [-0.15, -0.1) is 0 Å². The SMILES string of the molecule is C[C@H](CCCO)C(=O)c1ccc2c(c1)CC(c1ncc(-c3cc(C4(O)CC4)ccc3F)cn1)=CCC21CC1. The summed E-state index contributed by atoms with van der Waals surface area (Å²) >= 11 is 0. The van der Waals surface area contributed by atoms with Gasteiger partial charge in [0.25, 0.3) is 0 Å². The summed E-state index contributed by atoms with van der Waals surface area (Å²) in [4.78, 5) is 22.3. The van der Waals surface area contributed by atoms with Crippen molar-refractivity contribution in [3.63, 3.8) is 0 Å². The largest absolute Gasteiger partial charge is 0.396 e. The van der Waals surface area contributed by atoms with Gasteiger partial charge in [-0.3, -0.25) is 4.79 Å². The standard InChI is InChI=1S/C32H33FN2O3/c1-20(3-2-14-36)29(37)21-4-6-27-23(15-21)16-22(8-9-31(27)10-11-31)30-34-18-24(19-35-30)26-17-25(5-7-28(26)33)32(38)12-13-32/h4-8,15,17-20,36,38H,2-3,9-14,16H2,1H3/t20-/m1/s1. The number of nitrogens with zero attached hydrogens (tertiary/aromatic N) is 2. The maximum Gasteiger partial charge on any atom is 0.165 e. The van der Waals surface area contributed by atoms with Crippen LogP contribution in [0, 0.1) is 11.7 Å². The lowest BCUT2D eigenvalue weighted by Gasteiger charge is -2.18. The lowest BCUT2D eigenvalue weighted by Crippen LogP contribution is -2.14. The smallest absolute Gasteiger partial charge is 0.165 e. The highest BCUT2D eigenvalue weighted by Gasteiger charge is 2.46. The lowest BCUT2D eigenvalue weighted by molar-refractivity contribution is 0.0919. The molecule has 3 aromatic rings. The van der Waals surface area contributed by atoms with Crippen LogP contribution in [0.15, 0.2) is 54.9 Å². The summed E-state index contributed by atoms with van der Waals surface area (Å²) in [6.07, 6.45) is 12.0. The van der Waals surface area contributed by atoms with Crippen molar-refractivity contribution < 1.29 is 19.4 Å². The van der Waals surface area contributed by atoms with Crippen molar-refractivity contribution >= 4 is 11.4 Å². The number of hydrogen-bond acceptors (Lipinski definition) is 5. The van der Waals surface area contributed by atoms with Crippen molar-refractivity contribution in [3.05, 3.63) is 88.8 Å². The van der Waals surface area contributed by atoms with Crippen LogP contribution in [0.2, 0.25) is 0 Å². The number of benzene rings is 2. The van der Waals surface area contributed by atoms with Gasteiger partial charge in [-0.1, -0.05) is 31.2 Å². The Morgan fingerprint density at radius 2 is 1.84 bits per heavy atom. The van der Waals surface area contributed by atoms with Gasteiger partial charge in [0.2, 0.25) is 0 Å². The minimum absolute atomic E-state index is 0.0948. The molecule has 1 spiro atoms. The quantitative estimate of drug-likeness (QED) is 0.366. The Labute approximate surface area is 222 Å². The number of allylic oxidation sites excluding steroid dienone is 2. The normalized spacial score (nSPS) is 19.3. The fourth-order valence-electron chi connectivity index (χ4n) is 5.80. The summed E-state index contributed by atoms with van der Waals surface area (Å²) in [5, 5.41) is 19.6. The van der Waals surface area contributed by atoms with E-state index < -0.39 is 5.60 Å². The van der Waals surface area contributed by atoms with E-state index in [9.17, 15) is 14.3 Å². The molecule has 0 radical (unpaired) electrons. The number of aliphatic hydroxyl groups is 2. The molecule has 3 aliphatic carbocycles. The zero-order chi connectivity index (χ0) is 26.5. The lowest BCUT2D eigenvalue weighted by atomic mass is 9.86. The molecular formula is C32H33FN2O3. The van der Waals surface area contributed by atoms with E-state index in [1.54, 1.807) is 24.5 Å². The third kappa shape index (κ3) is 4.61. The van der Waals surface area contributed by atoms with Gasteiger partial charge in [0.05, 0.1) is 5.60 Å². The number of Topliss-reactive ketones (excluding diaryl/α,β-unsaturated/α-hetero) is 1. The van der Waals surface area contributed by atoms with E-state index in [0.717, 1.165) is 41.5 Å². The summed E-state index contributed by atoms with van der Waals surface area (Å²) in [6, 6.07) is 10.9. The molecule has 2 aromatic carbocycles. The molecule has 196 valence electrons. The molecule has 2 fully saturated rings. The second kappa shape index (κ2) is 9.51. The molecule has 6 heteroatoms. The number of ketones is 1. The first kappa shape index (κ1) is 25.1. The summed E-state index contributed by atoms with van der Waals surface area (Å²) < 4.78 is 14.7. The van der Waals surface area contributed by atoms with Gasteiger partial charge < -0.3 is 10.2 Å². The average molecular weight is 513 g/mol. The van der Waals surface area contributed by atoms with E-state index >= 15 is 0 Å². The van der Waals surface area contributed by atoms with Gasteiger partial charge in [-0.05, 0) is 90.8 Å². The first-order valence-corrected chi connectivity index (χ1v) is 13.6. The van der Waals surface area contributed by atoms with Crippen LogP contribution < -0.4 is 0 Å². The molecule has 1 heterocycles. The van der Waals surface area contributed by atoms with Crippen molar-refractivity contribution in [3.8, 4) is 11.1 Å². The topological polar surface area (TPSA) is 83.3 Å². The minimum atomic E-state index is -0.836. The Balaban J connectivity index is 1.28. The van der Waals surface area contributed by atoms with Crippen LogP contribution in [0.4, 0.5) is 4.39 Å². The van der Waals surface area contributed by atoms with Crippen LogP contribution >= 0.6 is 0 Å². The van der Waals surface area contributed by atoms with Crippen molar-refractivity contribution in [1.29, 1.82) is 0 Å². The Morgan fingerprint density at radius 3 is 2.53 bits per heavy atom. The highest BCUT2D eigenvalue weighted by Crippen LogP contribution is 2.54. The second-order valence-electron chi connectivity index (χ2n) is 11.4. The van der Waals surface area contributed by atoms with Crippen molar-refractivity contribution in [2.45, 2.75) is 69.3 Å². The summed E-state index contributed by atoms with van der Waals surface area (Å²) in [5.41, 5.74) is 5.20. The Hall–Kier alpha value is -3.22. The van der Waals surface area contributed by atoms with Gasteiger partial charge in [0.15, 0.2) is 11.6 Å². The fourth-order valence-corrected chi connectivity index (χ4v) is 5.80. The Morgan fingerprint density at radius 1 is 1.08 bits per heavy atom. The van der Waals surface area contributed by atoms with Crippen molar-refractivity contribution in [2.75, 3.05) is 6.61 Å². The van der Waals surface area contributed by atoms with E-state index in [0.29, 0.717) is 49.1 Å². The number of hydrogen-bond donors (Lipinski definition) is 2. The number of aliphatic hydroxyl groups excluding tert-OH is 1. The third-order valence-corrected chi connectivity index (χ3v) is 8.65. The van der Waals surface area contributed by atoms with E-state index in [1.807, 2.05) is 19.1 Å². The monoisotopic (exact) mass is 512 g/mol. The minimum Gasteiger partial charge on any atom is -0.396 e. The molecule has 3 aliphatic rings. The predicted octanol–water partition coefficient (Wildman–Crippen LogP) is 5.92. The van der Waals surface area contributed by atoms with Gasteiger partial charge in [0.1, 0.15) is 5.82 Å². The molecule has 1 atom stereocenters. The molecule has 0 amide bonds. The van der Waals surface area contributed by atoms with E-state index in [4.69, 9.17) is 5.11 Å². The number of carbonyl (C=O) groups is 1. The second-order valence-corrected chi connectivity index (χ2v) is 11.4. The number of halogens is 1. The number of aromatic nitrogens is 2. The summed E-state index contributed by atoms with van der Waals surface area (Å²) in [7, 11) is 0. The van der Waals surface area contributed by atoms with E-state index in [-0.39, 0.29) is 29.5 Å². The number of fused-ring (bicyclic) bond motifs is 2. The number of rotatable bonds is 8. The molecular weight excluding hydrogens is 479 g/mol. The first-order valence-electron chi connectivity index (χ1n) is 13.6. The van der Waals surface area contributed by atoms with Gasteiger partial charge >= 0.3 is 0 Å². The van der Waals surface area contributed by atoms with Crippen LogP contribution in [-0.2, 0) is 17.4 Å². The van der Waals surface area contributed by atoms with Crippen LogP contribution in [-0.4, -0.2) is 32.6 Å². The number of carbonyl (C=O) groups excluding carboxylic acids is 1. The molecule has 0 unspecified atom stereocenters. The van der Waals surface area contributed by atoms with E-state index in [1.165, 1.54) is 11.6 Å². The third-order valence-electron chi connectivity index (χ3n) is 8.65. The van der Waals surface area contributed by atoms with Gasteiger partial charge in [0, 0.05) is 48.0 Å². The van der Waals surface area contributed by atoms with Gasteiger partial charge in [-0.2, -0.15) is 0 Å². The zero-order valence-electron chi connectivity index (χ0n) is 21.7. The van der Waals surface area contributed by atoms with Crippen LogP contribution in [0.25, 0.3) is 16.7 Å². The molecule has 6 rings (SSSR count). The van der Waals surface area contributed by atoms with Crippen molar-refractivity contribution in [1.82, 2.24) is 9.97 Å². The molecule has 0 saturated heterocycles. The molecule has 2 saturated carbocycles. The fraction of sp³-hybridized carbons (Fsp3) is 0.406. The highest BCUT2D eigenvalue weighted by atomic mass is 19.1.